The van der Waals surface area contributed by atoms with Gasteiger partial charge in [-0.2, -0.15) is 0 Å². The van der Waals surface area contributed by atoms with Crippen LogP contribution < -0.4 is 24.8 Å². The maximum atomic E-state index is 12.6. The monoisotopic (exact) mass is 448 g/mol. The van der Waals surface area contributed by atoms with Crippen LogP contribution in [0.4, 0.5) is 11.4 Å². The van der Waals surface area contributed by atoms with Crippen molar-refractivity contribution in [1.82, 2.24) is 0 Å². The van der Waals surface area contributed by atoms with Crippen LogP contribution in [0.1, 0.15) is 30.6 Å². The number of hydrogen-bond acceptors (Lipinski definition) is 5. The second-order valence-corrected chi connectivity index (χ2v) is 6.99. The summed E-state index contributed by atoms with van der Waals surface area (Å²) in [6, 6.07) is 21.5. The van der Waals surface area contributed by atoms with Crippen LogP contribution in [0.3, 0.4) is 0 Å². The van der Waals surface area contributed by atoms with Gasteiger partial charge in [-0.05, 0) is 38.1 Å². The summed E-state index contributed by atoms with van der Waals surface area (Å²) in [6.07, 6.45) is 0.164. The minimum Gasteiger partial charge on any atom is -0.493 e. The molecule has 0 saturated heterocycles. The molecule has 3 aromatic carbocycles. The van der Waals surface area contributed by atoms with Gasteiger partial charge in [-0.3, -0.25) is 9.59 Å². The number of rotatable bonds is 11. The van der Waals surface area contributed by atoms with Crippen molar-refractivity contribution in [2.24, 2.45) is 0 Å². The van der Waals surface area contributed by atoms with Crippen LogP contribution in [-0.2, 0) is 4.79 Å². The van der Waals surface area contributed by atoms with Gasteiger partial charge in [-0.25, -0.2) is 0 Å². The van der Waals surface area contributed by atoms with Gasteiger partial charge in [-0.15, -0.1) is 0 Å². The quantitative estimate of drug-likeness (QED) is 0.424. The fraction of sp³-hybridized carbons (Fsp3) is 0.231. The SMILES string of the molecule is CCOc1cc(NC(=O)c2ccccc2)c(OCC)cc1NC(=O)CCOc1ccccc1. The van der Waals surface area contributed by atoms with Gasteiger partial charge in [0, 0.05) is 17.7 Å². The minimum atomic E-state index is -0.270. The number of nitrogens with one attached hydrogen (secondary N) is 2. The molecule has 0 spiro atoms. The molecule has 0 heterocycles. The van der Waals surface area contributed by atoms with Gasteiger partial charge in [0.2, 0.25) is 5.91 Å². The number of benzene rings is 3. The van der Waals surface area contributed by atoms with E-state index in [0.717, 1.165) is 0 Å². The predicted octanol–water partition coefficient (Wildman–Crippen LogP) is 5.14. The fourth-order valence-corrected chi connectivity index (χ4v) is 3.08. The highest BCUT2D eigenvalue weighted by molar-refractivity contribution is 6.05. The van der Waals surface area contributed by atoms with Crippen molar-refractivity contribution in [1.29, 1.82) is 0 Å². The molecule has 3 rings (SSSR count). The Morgan fingerprint density at radius 1 is 0.727 bits per heavy atom. The topological polar surface area (TPSA) is 85.9 Å². The first kappa shape index (κ1) is 23.7. The molecule has 33 heavy (non-hydrogen) atoms. The summed E-state index contributed by atoms with van der Waals surface area (Å²) < 4.78 is 17.0. The van der Waals surface area contributed by atoms with Crippen LogP contribution >= 0.6 is 0 Å². The summed E-state index contributed by atoms with van der Waals surface area (Å²) in [5, 5.41) is 5.72. The Hall–Kier alpha value is -4.00. The molecule has 7 nitrogen and oxygen atoms in total. The molecular weight excluding hydrogens is 420 g/mol. The largest absolute Gasteiger partial charge is 0.493 e. The summed E-state index contributed by atoms with van der Waals surface area (Å²) >= 11 is 0. The van der Waals surface area contributed by atoms with Gasteiger partial charge in [0.15, 0.2) is 0 Å². The van der Waals surface area contributed by atoms with Crippen molar-refractivity contribution in [3.05, 3.63) is 78.4 Å². The Morgan fingerprint density at radius 3 is 1.85 bits per heavy atom. The van der Waals surface area contributed by atoms with Crippen molar-refractivity contribution in [2.45, 2.75) is 20.3 Å². The van der Waals surface area contributed by atoms with Crippen molar-refractivity contribution in [3.63, 3.8) is 0 Å². The van der Waals surface area contributed by atoms with Gasteiger partial charge < -0.3 is 24.8 Å². The summed E-state index contributed by atoms with van der Waals surface area (Å²) in [4.78, 5) is 25.2. The first-order valence-corrected chi connectivity index (χ1v) is 10.9. The van der Waals surface area contributed by atoms with E-state index in [4.69, 9.17) is 14.2 Å². The average Bonchev–Trinajstić information content (AvgIpc) is 2.83. The van der Waals surface area contributed by atoms with E-state index in [1.165, 1.54) is 0 Å². The molecular formula is C26H28N2O5. The highest BCUT2D eigenvalue weighted by Gasteiger charge is 2.17. The van der Waals surface area contributed by atoms with Gasteiger partial charge in [0.25, 0.3) is 5.91 Å². The van der Waals surface area contributed by atoms with E-state index in [9.17, 15) is 9.59 Å². The normalized spacial score (nSPS) is 10.2. The molecule has 7 heteroatoms. The van der Waals surface area contributed by atoms with E-state index < -0.39 is 0 Å². The summed E-state index contributed by atoms with van der Waals surface area (Å²) in [5.41, 5.74) is 1.44. The minimum absolute atomic E-state index is 0.164. The molecule has 0 aliphatic rings. The molecule has 0 saturated carbocycles. The lowest BCUT2D eigenvalue weighted by molar-refractivity contribution is -0.116. The lowest BCUT2D eigenvalue weighted by Crippen LogP contribution is -2.17. The van der Waals surface area contributed by atoms with Gasteiger partial charge in [0.1, 0.15) is 17.2 Å². The molecule has 0 aromatic heterocycles. The van der Waals surface area contributed by atoms with E-state index in [1.54, 1.807) is 36.4 Å². The number of para-hydroxylation sites is 1. The molecule has 0 bridgehead atoms. The molecule has 2 N–H and O–H groups in total. The molecule has 172 valence electrons. The van der Waals surface area contributed by atoms with Gasteiger partial charge in [0.05, 0.1) is 37.6 Å². The zero-order valence-electron chi connectivity index (χ0n) is 18.8. The highest BCUT2D eigenvalue weighted by atomic mass is 16.5. The van der Waals surface area contributed by atoms with Crippen molar-refractivity contribution >= 4 is 23.2 Å². The Kier molecular flexibility index (Phi) is 8.71. The van der Waals surface area contributed by atoms with Gasteiger partial charge in [-0.1, -0.05) is 36.4 Å². The molecule has 3 aromatic rings. The van der Waals surface area contributed by atoms with Crippen LogP contribution in [0, 0.1) is 0 Å². The third-order valence-electron chi connectivity index (χ3n) is 4.58. The first-order chi connectivity index (χ1) is 16.1. The number of anilines is 2. The number of ether oxygens (including phenoxy) is 3. The average molecular weight is 449 g/mol. The molecule has 2 amide bonds. The van der Waals surface area contributed by atoms with Gasteiger partial charge >= 0.3 is 0 Å². The van der Waals surface area contributed by atoms with E-state index >= 15 is 0 Å². The maximum Gasteiger partial charge on any atom is 0.255 e. The molecule has 0 fully saturated rings. The van der Waals surface area contributed by atoms with E-state index in [-0.39, 0.29) is 24.8 Å². The summed E-state index contributed by atoms with van der Waals surface area (Å²) in [7, 11) is 0. The summed E-state index contributed by atoms with van der Waals surface area (Å²) in [5.74, 6) is 1.07. The lowest BCUT2D eigenvalue weighted by Gasteiger charge is -2.18. The van der Waals surface area contributed by atoms with Crippen LogP contribution in [0.15, 0.2) is 72.8 Å². The third kappa shape index (κ3) is 7.00. The Labute approximate surface area is 193 Å². The standard InChI is InChI=1S/C26H28N2O5/c1-3-31-23-18-22(28-26(30)19-11-7-5-8-12-19)24(32-4-2)17-21(23)27-25(29)15-16-33-20-13-9-6-10-14-20/h5-14,17-18H,3-4,15-16H2,1-2H3,(H,27,29)(H,28,30). The van der Waals surface area contributed by atoms with E-state index in [2.05, 4.69) is 10.6 Å². The smallest absolute Gasteiger partial charge is 0.255 e. The summed E-state index contributed by atoms with van der Waals surface area (Å²) in [6.45, 7) is 4.71. The second kappa shape index (κ2) is 12.1. The number of amides is 2. The van der Waals surface area contributed by atoms with E-state index in [0.29, 0.717) is 47.4 Å². The van der Waals surface area contributed by atoms with Crippen molar-refractivity contribution < 1.29 is 23.8 Å². The first-order valence-electron chi connectivity index (χ1n) is 10.9. The number of hydrogen-bond donors (Lipinski definition) is 2. The molecule has 0 unspecified atom stereocenters. The van der Waals surface area contributed by atoms with Crippen LogP contribution in [0.5, 0.6) is 17.2 Å². The molecule has 0 radical (unpaired) electrons. The zero-order chi connectivity index (χ0) is 23.5. The zero-order valence-corrected chi connectivity index (χ0v) is 18.8. The molecule has 0 atom stereocenters. The van der Waals surface area contributed by atoms with Crippen LogP contribution in [0.2, 0.25) is 0 Å². The number of carbonyl (C=O) groups is 2. The van der Waals surface area contributed by atoms with Crippen molar-refractivity contribution in [2.75, 3.05) is 30.5 Å². The second-order valence-electron chi connectivity index (χ2n) is 6.99. The van der Waals surface area contributed by atoms with Crippen LogP contribution in [-0.4, -0.2) is 31.6 Å². The Balaban J connectivity index is 1.74. The maximum absolute atomic E-state index is 12.6. The predicted molar refractivity (Wildman–Crippen MR) is 128 cm³/mol. The Morgan fingerprint density at radius 2 is 1.27 bits per heavy atom. The number of carbonyl (C=O) groups excluding carboxylic acids is 2. The lowest BCUT2D eigenvalue weighted by atomic mass is 10.2. The fourth-order valence-electron chi connectivity index (χ4n) is 3.08. The van der Waals surface area contributed by atoms with Crippen molar-refractivity contribution in [3.8, 4) is 17.2 Å². The molecule has 0 aliphatic carbocycles. The third-order valence-corrected chi connectivity index (χ3v) is 4.58. The molecule has 0 aliphatic heterocycles. The highest BCUT2D eigenvalue weighted by Crippen LogP contribution is 2.37. The van der Waals surface area contributed by atoms with E-state index in [1.807, 2.05) is 50.2 Å². The Bertz CT molecular complexity index is 1060. The van der Waals surface area contributed by atoms with Crippen LogP contribution in [0.25, 0.3) is 0 Å².